The van der Waals surface area contributed by atoms with Gasteiger partial charge in [0.25, 0.3) is 0 Å². The molecule has 1 rings (SSSR count). The van der Waals surface area contributed by atoms with Crippen molar-refractivity contribution in [1.29, 1.82) is 0 Å². The molecule has 58 valence electrons. The summed E-state index contributed by atoms with van der Waals surface area (Å²) in [5.74, 6) is 0.804. The van der Waals surface area contributed by atoms with Gasteiger partial charge in [0.1, 0.15) is 0 Å². The molecule has 0 radical (unpaired) electrons. The third-order valence-corrected chi connectivity index (χ3v) is 2.74. The average molecular weight is 138 g/mol. The molecule has 10 heavy (non-hydrogen) atoms. The Balaban J connectivity index is 2.58. The third-order valence-electron chi connectivity index (χ3n) is 2.74. The van der Waals surface area contributed by atoms with Crippen molar-refractivity contribution in [3.8, 4) is 0 Å². The average Bonchev–Trinajstić information content (AvgIpc) is 1.88. The van der Waals surface area contributed by atoms with Gasteiger partial charge in [-0.2, -0.15) is 0 Å². The molecule has 0 aliphatic heterocycles. The second-order valence-electron chi connectivity index (χ2n) is 3.98. The molecule has 1 aliphatic rings. The molecule has 0 aromatic heterocycles. The standard InChI is InChI=1S/C10H18/c1-4-10(3)7-5-6-9(2)8-10/h5-6,9H,4,7-8H2,1-3H3/t9-,10?/m1/s1. The number of allylic oxidation sites excluding steroid dienone is 2. The first-order valence-electron chi connectivity index (χ1n) is 4.33. The lowest BCUT2D eigenvalue weighted by molar-refractivity contribution is 0.247. The van der Waals surface area contributed by atoms with Crippen LogP contribution in [0.3, 0.4) is 0 Å². The fourth-order valence-electron chi connectivity index (χ4n) is 1.80. The Hall–Kier alpha value is -0.260. The summed E-state index contributed by atoms with van der Waals surface area (Å²) in [6.07, 6.45) is 8.67. The molecule has 0 aromatic carbocycles. The molecule has 0 heteroatoms. The molecule has 1 unspecified atom stereocenters. The summed E-state index contributed by atoms with van der Waals surface area (Å²) in [5, 5.41) is 0. The number of rotatable bonds is 1. The Kier molecular flexibility index (Phi) is 2.18. The van der Waals surface area contributed by atoms with Gasteiger partial charge in [0.05, 0.1) is 0 Å². The van der Waals surface area contributed by atoms with Gasteiger partial charge in [-0.15, -0.1) is 0 Å². The molecule has 0 aromatic rings. The van der Waals surface area contributed by atoms with Crippen molar-refractivity contribution in [3.05, 3.63) is 12.2 Å². The lowest BCUT2D eigenvalue weighted by atomic mass is 9.73. The van der Waals surface area contributed by atoms with Gasteiger partial charge in [-0.25, -0.2) is 0 Å². The summed E-state index contributed by atoms with van der Waals surface area (Å²) in [7, 11) is 0. The van der Waals surface area contributed by atoms with Gasteiger partial charge in [0.15, 0.2) is 0 Å². The Bertz CT molecular complexity index is 135. The van der Waals surface area contributed by atoms with E-state index in [9.17, 15) is 0 Å². The number of hydrogen-bond acceptors (Lipinski definition) is 0. The van der Waals surface area contributed by atoms with Gasteiger partial charge < -0.3 is 0 Å². The highest BCUT2D eigenvalue weighted by atomic mass is 14.3. The fourth-order valence-corrected chi connectivity index (χ4v) is 1.80. The minimum Gasteiger partial charge on any atom is -0.0877 e. The second kappa shape index (κ2) is 2.77. The summed E-state index contributed by atoms with van der Waals surface area (Å²) >= 11 is 0. The highest BCUT2D eigenvalue weighted by Gasteiger charge is 2.24. The first kappa shape index (κ1) is 7.84. The minimum atomic E-state index is 0.605. The lowest BCUT2D eigenvalue weighted by Gasteiger charge is -2.32. The van der Waals surface area contributed by atoms with Gasteiger partial charge in [-0.1, -0.05) is 39.3 Å². The molecule has 0 spiro atoms. The monoisotopic (exact) mass is 138 g/mol. The van der Waals surface area contributed by atoms with Crippen LogP contribution < -0.4 is 0 Å². The molecule has 0 amide bonds. The number of hydrogen-bond donors (Lipinski definition) is 0. The Morgan fingerprint density at radius 3 is 2.70 bits per heavy atom. The van der Waals surface area contributed by atoms with Gasteiger partial charge in [0.2, 0.25) is 0 Å². The van der Waals surface area contributed by atoms with Crippen molar-refractivity contribution in [1.82, 2.24) is 0 Å². The summed E-state index contributed by atoms with van der Waals surface area (Å²) in [6, 6.07) is 0. The van der Waals surface area contributed by atoms with E-state index < -0.39 is 0 Å². The molecule has 2 atom stereocenters. The molecule has 0 fully saturated rings. The maximum Gasteiger partial charge on any atom is -0.0257 e. The largest absolute Gasteiger partial charge is 0.0877 e. The van der Waals surface area contributed by atoms with Gasteiger partial charge in [0, 0.05) is 0 Å². The lowest BCUT2D eigenvalue weighted by Crippen LogP contribution is -2.20. The molecule has 1 aliphatic carbocycles. The van der Waals surface area contributed by atoms with Gasteiger partial charge in [-0.05, 0) is 24.2 Å². The molecular formula is C10H18. The van der Waals surface area contributed by atoms with Crippen LogP contribution in [0.15, 0.2) is 12.2 Å². The molecule has 0 bridgehead atoms. The van der Waals surface area contributed by atoms with E-state index in [2.05, 4.69) is 32.9 Å². The molecule has 0 N–H and O–H groups in total. The normalized spacial score (nSPS) is 40.1. The van der Waals surface area contributed by atoms with E-state index in [1.54, 1.807) is 0 Å². The van der Waals surface area contributed by atoms with Crippen LogP contribution in [0.25, 0.3) is 0 Å². The summed E-state index contributed by atoms with van der Waals surface area (Å²) < 4.78 is 0. The van der Waals surface area contributed by atoms with Crippen LogP contribution >= 0.6 is 0 Å². The van der Waals surface area contributed by atoms with Gasteiger partial charge in [-0.3, -0.25) is 0 Å². The Morgan fingerprint density at radius 2 is 2.30 bits per heavy atom. The van der Waals surface area contributed by atoms with E-state index in [4.69, 9.17) is 0 Å². The van der Waals surface area contributed by atoms with Crippen molar-refractivity contribution in [3.63, 3.8) is 0 Å². The molecule has 0 saturated heterocycles. The van der Waals surface area contributed by atoms with Crippen LogP contribution in [0.1, 0.15) is 40.0 Å². The van der Waals surface area contributed by atoms with Gasteiger partial charge >= 0.3 is 0 Å². The predicted molar refractivity (Wildman–Crippen MR) is 45.9 cm³/mol. The van der Waals surface area contributed by atoms with Crippen molar-refractivity contribution in [2.45, 2.75) is 40.0 Å². The zero-order valence-electron chi connectivity index (χ0n) is 7.35. The molecule has 0 heterocycles. The van der Waals surface area contributed by atoms with E-state index in [0.29, 0.717) is 5.41 Å². The maximum atomic E-state index is 2.40. The van der Waals surface area contributed by atoms with Crippen LogP contribution in [0.4, 0.5) is 0 Å². The highest BCUT2D eigenvalue weighted by Crippen LogP contribution is 2.37. The summed E-state index contributed by atoms with van der Waals surface area (Å²) in [4.78, 5) is 0. The van der Waals surface area contributed by atoms with E-state index in [0.717, 1.165) is 5.92 Å². The fraction of sp³-hybridized carbons (Fsp3) is 0.800. The Morgan fingerprint density at radius 1 is 1.60 bits per heavy atom. The van der Waals surface area contributed by atoms with Crippen LogP contribution in [0.5, 0.6) is 0 Å². The van der Waals surface area contributed by atoms with Crippen molar-refractivity contribution >= 4 is 0 Å². The van der Waals surface area contributed by atoms with Crippen molar-refractivity contribution < 1.29 is 0 Å². The zero-order chi connectivity index (χ0) is 7.61. The van der Waals surface area contributed by atoms with Crippen molar-refractivity contribution in [2.75, 3.05) is 0 Å². The maximum absolute atomic E-state index is 2.40. The van der Waals surface area contributed by atoms with E-state index in [-0.39, 0.29) is 0 Å². The third kappa shape index (κ3) is 1.62. The molecule has 0 saturated carbocycles. The molecule has 0 nitrogen and oxygen atoms in total. The van der Waals surface area contributed by atoms with Crippen LogP contribution in [-0.4, -0.2) is 0 Å². The first-order valence-corrected chi connectivity index (χ1v) is 4.33. The quantitative estimate of drug-likeness (QED) is 0.487. The summed E-state index contributed by atoms with van der Waals surface area (Å²) in [6.45, 7) is 7.00. The first-order chi connectivity index (χ1) is 4.66. The predicted octanol–water partition coefficient (Wildman–Crippen LogP) is 3.39. The highest BCUT2D eigenvalue weighted by molar-refractivity contribution is 4.98. The smallest absolute Gasteiger partial charge is 0.0257 e. The van der Waals surface area contributed by atoms with E-state index in [1.165, 1.54) is 19.3 Å². The van der Waals surface area contributed by atoms with E-state index >= 15 is 0 Å². The van der Waals surface area contributed by atoms with Crippen LogP contribution in [-0.2, 0) is 0 Å². The van der Waals surface area contributed by atoms with Crippen molar-refractivity contribution in [2.24, 2.45) is 11.3 Å². The van der Waals surface area contributed by atoms with Crippen LogP contribution in [0.2, 0.25) is 0 Å². The van der Waals surface area contributed by atoms with Crippen LogP contribution in [0, 0.1) is 11.3 Å². The van der Waals surface area contributed by atoms with E-state index in [1.807, 2.05) is 0 Å². The topological polar surface area (TPSA) is 0 Å². The second-order valence-corrected chi connectivity index (χ2v) is 3.98. The zero-order valence-corrected chi connectivity index (χ0v) is 7.35. The summed E-state index contributed by atoms with van der Waals surface area (Å²) in [5.41, 5.74) is 0.605. The Labute approximate surface area is 64.3 Å². The SMILES string of the molecule is CCC1(C)CC=C[C@@H](C)C1. The molecular weight excluding hydrogens is 120 g/mol. The minimum absolute atomic E-state index is 0.605.